The quantitative estimate of drug-likeness (QED) is 0.102. The Balaban J connectivity index is 0.000000155. The summed E-state index contributed by atoms with van der Waals surface area (Å²) in [6.07, 6.45) is 37.4. The number of aliphatic hydroxyl groups is 5. The van der Waals surface area contributed by atoms with Gasteiger partial charge in [-0.1, -0.05) is 62.3 Å². The van der Waals surface area contributed by atoms with E-state index >= 15 is 0 Å². The van der Waals surface area contributed by atoms with Crippen LogP contribution in [-0.2, 0) is 9.53 Å². The van der Waals surface area contributed by atoms with E-state index in [1.807, 2.05) is 13.8 Å². The van der Waals surface area contributed by atoms with E-state index in [0.29, 0.717) is 68.0 Å². The van der Waals surface area contributed by atoms with Gasteiger partial charge in [0.15, 0.2) is 0 Å². The van der Waals surface area contributed by atoms with E-state index in [0.717, 1.165) is 117 Å². The molecule has 1 heterocycles. The third-order valence-electron chi connectivity index (χ3n) is 31.5. The molecule has 0 unspecified atom stereocenters. The zero-order valence-electron chi connectivity index (χ0n) is 57.6. The van der Waals surface area contributed by atoms with Crippen molar-refractivity contribution in [2.24, 2.45) is 139 Å². The van der Waals surface area contributed by atoms with Crippen molar-refractivity contribution >= 4 is 6.29 Å². The van der Waals surface area contributed by atoms with Gasteiger partial charge in [-0.3, -0.25) is 0 Å². The Hall–Kier alpha value is 0.0274. The maximum atomic E-state index is 11.5. The topological polar surface area (TPSA) is 127 Å². The van der Waals surface area contributed by atoms with Crippen LogP contribution in [0.15, 0.2) is 0 Å². The van der Waals surface area contributed by atoms with Gasteiger partial charge in [0.25, 0.3) is 0 Å². The zero-order valence-corrected chi connectivity index (χ0v) is 57.6. The Bertz CT molecular complexity index is 2070. The van der Waals surface area contributed by atoms with Crippen LogP contribution in [-0.4, -0.2) is 74.0 Å². The smallest absolute Gasteiger partial charge is 0.393 e. The number of aliphatic hydroxyl groups excluding tert-OH is 2. The molecule has 480 valence electrons. The molecule has 0 aromatic heterocycles. The molecule has 1 saturated heterocycles. The molecule has 12 aliphatic carbocycles. The summed E-state index contributed by atoms with van der Waals surface area (Å²) < 4.78 is 4.94. The first-order valence-corrected chi connectivity index (χ1v) is 35.9. The Kier molecular flexibility index (Phi) is 21.5. The minimum Gasteiger partial charge on any atom is -0.393 e. The van der Waals surface area contributed by atoms with Crippen molar-refractivity contribution in [3.05, 3.63) is 7.43 Å². The number of fused-ring (bicyclic) bond motifs is 15. The van der Waals surface area contributed by atoms with Crippen molar-refractivity contribution < 1.29 is 53.9 Å². The molecule has 0 amide bonds. The Morgan fingerprint density at radius 3 is 0.940 bits per heavy atom. The predicted molar refractivity (Wildman–Crippen MR) is 341 cm³/mol. The fraction of sp³-hybridized carbons (Fsp3) is 0.974. The van der Waals surface area contributed by atoms with E-state index in [-0.39, 0.29) is 44.4 Å². The molecular formula is C76H133LiO7. The largest absolute Gasteiger partial charge is 1.00 e. The van der Waals surface area contributed by atoms with E-state index in [1.54, 1.807) is 0 Å². The number of carbonyl (C=O) groups is 1. The normalized spacial score (nSPS) is 53.0. The standard InChI is InChI=1S/2C24H42O2.C23H38O2.C4H8O.CH3.Li/c2*1-15(16(2)25)19-8-9-20-18-7-6-17-14-22(3,26)12-13-23(17,4)21(18)10-11-24(19,20)5;1-15(14-24)18-7-8-19-17-6-5-16-13-21(2,25)11-12-22(16,3)20(17)9-10-23(18,19)4;1-2-4-5-3-1;;/h2*15-21,25-26H,6-14H2,1-5H3;14-20,25H,5-13H2,1-4H3;1-4H2;1H3;/q;;;;-1;+1/t15-,16+,17+,18+,19-,20+,21+,22+,23+,24-;15-,16-,17+,18+,19-,20+,21+,22+,23+,24-;15-,16+,17+,18-,19+,20+,21+,22+,23-;;;/m111.../s1. The minimum atomic E-state index is -0.432. The molecule has 29 atom stereocenters. The first-order valence-electron chi connectivity index (χ1n) is 35.9. The molecule has 13 rings (SSSR count). The van der Waals surface area contributed by atoms with Crippen molar-refractivity contribution in [3.63, 3.8) is 0 Å². The Morgan fingerprint density at radius 1 is 0.381 bits per heavy atom. The predicted octanol–water partition coefficient (Wildman–Crippen LogP) is 14.3. The SMILES string of the molecule is C1CCOC1.C[C@@H]([C@H]1CC[C@H]2[C@@H]3CC[C@H]4C[C@@](C)(O)CC[C@]4(C)[C@H]3CC[C@]12C)[C@@H](C)O.C[C@H](C=O)[C@H]1CC[C@H]2[C@@H]3CC[C@H]4C[C@@](C)(O)CC[C@]4(C)[C@H]3CC[C@]12C.C[C@H]([C@H](C)O)[C@H]1CC[C@H]2[C@@H]3CC[C@H]4C[C@@](C)(O)CC[C@]4(C)[C@H]3CC[C@]12C.[CH3-].[Li+]. The van der Waals surface area contributed by atoms with Gasteiger partial charge in [0.05, 0.1) is 29.0 Å². The summed E-state index contributed by atoms with van der Waals surface area (Å²) in [6.45, 7) is 34.3. The second kappa shape index (κ2) is 25.8. The molecule has 0 radical (unpaired) electrons. The van der Waals surface area contributed by atoms with Crippen molar-refractivity contribution in [1.29, 1.82) is 0 Å². The first-order chi connectivity index (χ1) is 38.4. The summed E-state index contributed by atoms with van der Waals surface area (Å²) >= 11 is 0. The van der Waals surface area contributed by atoms with Crippen molar-refractivity contribution in [2.75, 3.05) is 13.2 Å². The van der Waals surface area contributed by atoms with E-state index in [4.69, 9.17) is 4.74 Å². The molecular weight excluding hydrogens is 1030 g/mol. The van der Waals surface area contributed by atoms with Crippen LogP contribution < -0.4 is 18.9 Å². The summed E-state index contributed by atoms with van der Waals surface area (Å²) in [6, 6.07) is 0. The number of hydrogen-bond donors (Lipinski definition) is 5. The van der Waals surface area contributed by atoms with Gasteiger partial charge in [-0.15, -0.1) is 0 Å². The van der Waals surface area contributed by atoms with E-state index < -0.39 is 16.8 Å². The second-order valence-corrected chi connectivity index (χ2v) is 35.8. The van der Waals surface area contributed by atoms with Crippen LogP contribution in [0.25, 0.3) is 0 Å². The molecule has 84 heavy (non-hydrogen) atoms. The van der Waals surface area contributed by atoms with Gasteiger partial charge < -0.3 is 42.5 Å². The van der Waals surface area contributed by atoms with Crippen LogP contribution >= 0.6 is 0 Å². The maximum absolute atomic E-state index is 11.5. The van der Waals surface area contributed by atoms with Crippen LogP contribution in [0.1, 0.15) is 283 Å². The van der Waals surface area contributed by atoms with Gasteiger partial charge in [-0.25, -0.2) is 0 Å². The summed E-state index contributed by atoms with van der Waals surface area (Å²) in [5.74, 6) is 13.1. The third-order valence-corrected chi connectivity index (χ3v) is 31.5. The Labute approximate surface area is 529 Å². The molecule has 12 saturated carbocycles. The summed E-state index contributed by atoms with van der Waals surface area (Å²) in [7, 11) is 0. The minimum absolute atomic E-state index is 0. The van der Waals surface area contributed by atoms with Gasteiger partial charge in [0.1, 0.15) is 6.29 Å². The average Bonchev–Trinajstić information content (AvgIpc) is 1.36. The molecule has 5 N–H and O–H groups in total. The molecule has 1 aliphatic heterocycles. The molecule has 13 aliphatic rings. The maximum Gasteiger partial charge on any atom is 1.00 e. The molecule has 13 fully saturated rings. The number of aldehydes is 1. The molecule has 0 bridgehead atoms. The molecule has 0 spiro atoms. The fourth-order valence-corrected chi connectivity index (χ4v) is 26.3. The van der Waals surface area contributed by atoms with E-state index in [2.05, 4.69) is 83.1 Å². The van der Waals surface area contributed by atoms with Gasteiger partial charge >= 0.3 is 18.9 Å². The van der Waals surface area contributed by atoms with Crippen LogP contribution in [0.4, 0.5) is 0 Å². The monoisotopic (exact) mass is 1170 g/mol. The third kappa shape index (κ3) is 12.6. The number of carbonyl (C=O) groups excluding carboxylic acids is 1. The average molecular weight is 1170 g/mol. The molecule has 0 aromatic rings. The van der Waals surface area contributed by atoms with Crippen molar-refractivity contribution in [3.8, 4) is 0 Å². The van der Waals surface area contributed by atoms with Crippen LogP contribution in [0, 0.1) is 146 Å². The van der Waals surface area contributed by atoms with E-state index in [9.17, 15) is 30.3 Å². The second-order valence-electron chi connectivity index (χ2n) is 35.8. The van der Waals surface area contributed by atoms with Gasteiger partial charge in [0, 0.05) is 19.1 Å². The van der Waals surface area contributed by atoms with Gasteiger partial charge in [-0.05, 0) is 354 Å². The summed E-state index contributed by atoms with van der Waals surface area (Å²) in [5, 5.41) is 52.4. The van der Waals surface area contributed by atoms with Crippen molar-refractivity contribution in [2.45, 2.75) is 312 Å². The summed E-state index contributed by atoms with van der Waals surface area (Å²) in [4.78, 5) is 11.5. The molecule has 0 aromatic carbocycles. The van der Waals surface area contributed by atoms with Crippen LogP contribution in [0.3, 0.4) is 0 Å². The number of hydrogen-bond acceptors (Lipinski definition) is 7. The number of ether oxygens (including phenoxy) is 1. The Morgan fingerprint density at radius 2 is 0.667 bits per heavy atom. The fourth-order valence-electron chi connectivity index (χ4n) is 26.3. The zero-order chi connectivity index (χ0) is 59.4. The molecule has 7 nitrogen and oxygen atoms in total. The number of rotatable bonds is 6. The van der Waals surface area contributed by atoms with E-state index in [1.165, 1.54) is 154 Å². The van der Waals surface area contributed by atoms with Gasteiger partial charge in [-0.2, -0.15) is 0 Å². The van der Waals surface area contributed by atoms with Crippen LogP contribution in [0.5, 0.6) is 0 Å². The van der Waals surface area contributed by atoms with Crippen molar-refractivity contribution in [1.82, 2.24) is 0 Å². The molecule has 8 heteroatoms. The first kappa shape index (κ1) is 69.9. The summed E-state index contributed by atoms with van der Waals surface area (Å²) in [5.41, 5.74) is 1.36. The van der Waals surface area contributed by atoms with Gasteiger partial charge in [0.2, 0.25) is 0 Å². The van der Waals surface area contributed by atoms with Crippen LogP contribution in [0.2, 0.25) is 0 Å².